The predicted molar refractivity (Wildman–Crippen MR) is 88.1 cm³/mol. The third kappa shape index (κ3) is 2.51. The number of rotatable bonds is 3. The molecule has 6 nitrogen and oxygen atoms in total. The molecule has 0 bridgehead atoms. The first-order valence-electron chi connectivity index (χ1n) is 6.82. The first-order chi connectivity index (χ1) is 11.2. The van der Waals surface area contributed by atoms with Crippen LogP contribution in [0.2, 0.25) is 0 Å². The number of nitrogens with one attached hydrogen (secondary N) is 1. The van der Waals surface area contributed by atoms with E-state index in [-0.39, 0.29) is 5.91 Å². The molecule has 0 unspecified atom stereocenters. The zero-order valence-electron chi connectivity index (χ0n) is 12.1. The molecule has 0 fully saturated rings. The summed E-state index contributed by atoms with van der Waals surface area (Å²) in [5.74, 6) is 0.524. The summed E-state index contributed by atoms with van der Waals surface area (Å²) in [6.07, 6.45) is 1.35. The van der Waals surface area contributed by atoms with Gasteiger partial charge in [0.15, 0.2) is 17.1 Å². The van der Waals surface area contributed by atoms with Gasteiger partial charge in [0.1, 0.15) is 11.3 Å². The highest BCUT2D eigenvalue weighted by molar-refractivity contribution is 7.22. The molecule has 2 heterocycles. The van der Waals surface area contributed by atoms with Crippen LogP contribution in [0.3, 0.4) is 0 Å². The maximum Gasteiger partial charge on any atom is 0.257 e. The molecule has 1 N–H and O–H groups in total. The molecule has 23 heavy (non-hydrogen) atoms. The van der Waals surface area contributed by atoms with E-state index in [0.717, 1.165) is 16.0 Å². The highest BCUT2D eigenvalue weighted by atomic mass is 32.1. The van der Waals surface area contributed by atoms with E-state index in [1.54, 1.807) is 25.3 Å². The molecule has 0 saturated heterocycles. The molecule has 0 aliphatic rings. The Hall–Kier alpha value is -2.93. The minimum absolute atomic E-state index is 0.235. The SMILES string of the molecule is COc1ccc2nc(NC(=O)c3ccc4ocnc4c3)sc2c1. The molecule has 2 aromatic carbocycles. The molecule has 0 atom stereocenters. The largest absolute Gasteiger partial charge is 0.497 e. The van der Waals surface area contributed by atoms with E-state index in [0.29, 0.717) is 21.8 Å². The van der Waals surface area contributed by atoms with E-state index in [9.17, 15) is 4.79 Å². The summed E-state index contributed by atoms with van der Waals surface area (Å²) in [7, 11) is 1.62. The van der Waals surface area contributed by atoms with E-state index in [1.165, 1.54) is 17.7 Å². The number of carbonyl (C=O) groups excluding carboxylic acids is 1. The van der Waals surface area contributed by atoms with Gasteiger partial charge in [0.25, 0.3) is 5.91 Å². The number of hydrogen-bond acceptors (Lipinski definition) is 6. The highest BCUT2D eigenvalue weighted by Gasteiger charge is 2.12. The number of anilines is 1. The lowest BCUT2D eigenvalue weighted by atomic mass is 10.2. The maximum atomic E-state index is 12.4. The molecule has 0 radical (unpaired) electrons. The standard InChI is InChI=1S/C16H11N3O3S/c1-21-10-3-4-11-14(7-10)23-16(18-11)19-15(20)9-2-5-13-12(6-9)17-8-22-13/h2-8H,1H3,(H,18,19,20). The third-order valence-electron chi connectivity index (χ3n) is 3.41. The maximum absolute atomic E-state index is 12.4. The molecule has 4 rings (SSSR count). The van der Waals surface area contributed by atoms with Gasteiger partial charge in [0.2, 0.25) is 0 Å². The van der Waals surface area contributed by atoms with Gasteiger partial charge in [0, 0.05) is 5.56 Å². The Morgan fingerprint density at radius 1 is 1.22 bits per heavy atom. The summed E-state index contributed by atoms with van der Waals surface area (Å²) in [4.78, 5) is 20.8. The molecule has 114 valence electrons. The number of benzene rings is 2. The number of methoxy groups -OCH3 is 1. The van der Waals surface area contributed by atoms with Crippen LogP contribution in [0.25, 0.3) is 21.3 Å². The number of nitrogens with zero attached hydrogens (tertiary/aromatic N) is 2. The van der Waals surface area contributed by atoms with Crippen molar-refractivity contribution in [1.29, 1.82) is 0 Å². The van der Waals surface area contributed by atoms with Crippen molar-refractivity contribution in [1.82, 2.24) is 9.97 Å². The topological polar surface area (TPSA) is 77.2 Å². The number of ether oxygens (including phenoxy) is 1. The Bertz CT molecular complexity index is 1020. The van der Waals surface area contributed by atoms with Crippen molar-refractivity contribution in [2.45, 2.75) is 0 Å². The van der Waals surface area contributed by atoms with E-state index >= 15 is 0 Å². The molecule has 0 spiro atoms. The fraction of sp³-hybridized carbons (Fsp3) is 0.0625. The lowest BCUT2D eigenvalue weighted by Crippen LogP contribution is -2.11. The third-order valence-corrected chi connectivity index (χ3v) is 4.34. The second-order valence-corrected chi connectivity index (χ2v) is 5.87. The normalized spacial score (nSPS) is 11.0. The summed E-state index contributed by atoms with van der Waals surface area (Å²) in [5.41, 5.74) is 2.61. The van der Waals surface area contributed by atoms with Crippen molar-refractivity contribution in [2.24, 2.45) is 0 Å². The van der Waals surface area contributed by atoms with Gasteiger partial charge >= 0.3 is 0 Å². The van der Waals surface area contributed by atoms with Gasteiger partial charge < -0.3 is 9.15 Å². The Morgan fingerprint density at radius 2 is 2.13 bits per heavy atom. The van der Waals surface area contributed by atoms with Crippen LogP contribution in [0, 0.1) is 0 Å². The molecule has 1 amide bonds. The minimum atomic E-state index is -0.235. The van der Waals surface area contributed by atoms with Gasteiger partial charge in [-0.1, -0.05) is 11.3 Å². The van der Waals surface area contributed by atoms with Gasteiger partial charge in [-0.2, -0.15) is 0 Å². The second kappa shape index (κ2) is 5.36. The molecule has 0 saturated carbocycles. The summed E-state index contributed by atoms with van der Waals surface area (Å²) >= 11 is 1.40. The number of hydrogen-bond donors (Lipinski definition) is 1. The Balaban J connectivity index is 1.62. The smallest absolute Gasteiger partial charge is 0.257 e. The van der Waals surface area contributed by atoms with Crippen molar-refractivity contribution < 1.29 is 13.9 Å². The average Bonchev–Trinajstić information content (AvgIpc) is 3.18. The van der Waals surface area contributed by atoms with Gasteiger partial charge in [0.05, 0.1) is 17.3 Å². The van der Waals surface area contributed by atoms with Crippen LogP contribution in [-0.4, -0.2) is 23.0 Å². The highest BCUT2D eigenvalue weighted by Crippen LogP contribution is 2.29. The van der Waals surface area contributed by atoms with E-state index in [4.69, 9.17) is 9.15 Å². The monoisotopic (exact) mass is 325 g/mol. The van der Waals surface area contributed by atoms with Crippen molar-refractivity contribution in [3.63, 3.8) is 0 Å². The van der Waals surface area contributed by atoms with Crippen molar-refractivity contribution in [3.05, 3.63) is 48.4 Å². The molecular weight excluding hydrogens is 314 g/mol. The quantitative estimate of drug-likeness (QED) is 0.621. The molecular formula is C16H11N3O3S. The van der Waals surface area contributed by atoms with E-state index in [2.05, 4.69) is 15.3 Å². The molecule has 0 aliphatic heterocycles. The molecule has 4 aromatic rings. The van der Waals surface area contributed by atoms with Crippen LogP contribution in [-0.2, 0) is 0 Å². The average molecular weight is 325 g/mol. The lowest BCUT2D eigenvalue weighted by molar-refractivity contribution is 0.102. The van der Waals surface area contributed by atoms with Crippen LogP contribution in [0.5, 0.6) is 5.75 Å². The first kappa shape index (κ1) is 13.7. The number of fused-ring (bicyclic) bond motifs is 2. The Labute approximate surface area is 134 Å². The second-order valence-electron chi connectivity index (χ2n) is 4.84. The van der Waals surface area contributed by atoms with Crippen LogP contribution < -0.4 is 10.1 Å². The summed E-state index contributed by atoms with van der Waals surface area (Å²) in [5, 5.41) is 3.35. The lowest BCUT2D eigenvalue weighted by Gasteiger charge is -2.00. The van der Waals surface area contributed by atoms with Gasteiger partial charge in [-0.15, -0.1) is 0 Å². The van der Waals surface area contributed by atoms with Crippen LogP contribution in [0.4, 0.5) is 5.13 Å². The van der Waals surface area contributed by atoms with Crippen LogP contribution >= 0.6 is 11.3 Å². The predicted octanol–water partition coefficient (Wildman–Crippen LogP) is 3.70. The number of oxazole rings is 1. The summed E-state index contributed by atoms with van der Waals surface area (Å²) in [6, 6.07) is 10.7. The fourth-order valence-electron chi connectivity index (χ4n) is 2.25. The van der Waals surface area contributed by atoms with Crippen molar-refractivity contribution in [3.8, 4) is 5.75 Å². The van der Waals surface area contributed by atoms with Gasteiger partial charge in [-0.25, -0.2) is 9.97 Å². The van der Waals surface area contributed by atoms with E-state index in [1.807, 2.05) is 18.2 Å². The number of amides is 1. The molecule has 7 heteroatoms. The zero-order valence-corrected chi connectivity index (χ0v) is 12.9. The fourth-order valence-corrected chi connectivity index (χ4v) is 3.14. The number of aromatic nitrogens is 2. The summed E-state index contributed by atoms with van der Waals surface area (Å²) < 4.78 is 11.3. The number of thiazole rings is 1. The van der Waals surface area contributed by atoms with Gasteiger partial charge in [-0.3, -0.25) is 10.1 Å². The Kier molecular flexibility index (Phi) is 3.20. The first-order valence-corrected chi connectivity index (χ1v) is 7.64. The van der Waals surface area contributed by atoms with Crippen LogP contribution in [0.15, 0.2) is 47.2 Å². The van der Waals surface area contributed by atoms with E-state index < -0.39 is 0 Å². The molecule has 0 aliphatic carbocycles. The van der Waals surface area contributed by atoms with Gasteiger partial charge in [-0.05, 0) is 36.4 Å². The molecule has 2 aromatic heterocycles. The van der Waals surface area contributed by atoms with Crippen LogP contribution in [0.1, 0.15) is 10.4 Å². The Morgan fingerprint density at radius 3 is 3.00 bits per heavy atom. The van der Waals surface area contributed by atoms with Crippen molar-refractivity contribution >= 4 is 43.7 Å². The van der Waals surface area contributed by atoms with Crippen molar-refractivity contribution in [2.75, 3.05) is 12.4 Å². The zero-order chi connectivity index (χ0) is 15.8. The number of carbonyl (C=O) groups is 1. The summed E-state index contributed by atoms with van der Waals surface area (Å²) in [6.45, 7) is 0. The minimum Gasteiger partial charge on any atom is -0.497 e.